The predicted octanol–water partition coefficient (Wildman–Crippen LogP) is 4.69. The summed E-state index contributed by atoms with van der Waals surface area (Å²) in [5.41, 5.74) is 3.79. The highest BCUT2D eigenvalue weighted by Gasteiger charge is 2.39. The van der Waals surface area contributed by atoms with Gasteiger partial charge in [0.15, 0.2) is 0 Å². The van der Waals surface area contributed by atoms with Crippen molar-refractivity contribution >= 4 is 21.6 Å². The monoisotopic (exact) mass is 379 g/mol. The second-order valence-electron chi connectivity index (χ2n) is 8.21. The first-order valence-electron chi connectivity index (χ1n) is 9.94. The van der Waals surface area contributed by atoms with Gasteiger partial charge in [-0.05, 0) is 75.4 Å². The van der Waals surface area contributed by atoms with Gasteiger partial charge < -0.3 is 4.98 Å². The van der Waals surface area contributed by atoms with Crippen molar-refractivity contribution < 1.29 is 0 Å². The van der Waals surface area contributed by atoms with Gasteiger partial charge >= 0.3 is 0 Å². The number of hydrogen-bond acceptors (Lipinski definition) is 4. The molecular weight excluding hydrogens is 354 g/mol. The number of thiazole rings is 1. The van der Waals surface area contributed by atoms with E-state index in [0.717, 1.165) is 34.3 Å². The van der Waals surface area contributed by atoms with E-state index in [-0.39, 0.29) is 5.56 Å². The van der Waals surface area contributed by atoms with Gasteiger partial charge in [0.1, 0.15) is 0 Å². The first kappa shape index (κ1) is 17.1. The number of nitrogens with one attached hydrogen (secondary N) is 1. The first-order chi connectivity index (χ1) is 13.1. The van der Waals surface area contributed by atoms with E-state index >= 15 is 0 Å². The number of pyridine rings is 1. The van der Waals surface area contributed by atoms with Crippen LogP contribution in [-0.2, 0) is 0 Å². The second-order valence-corrected chi connectivity index (χ2v) is 9.27. The fourth-order valence-corrected chi connectivity index (χ4v) is 5.78. The Hall–Kier alpha value is -1.98. The molecule has 2 aliphatic rings. The zero-order valence-electron chi connectivity index (χ0n) is 15.9. The van der Waals surface area contributed by atoms with Gasteiger partial charge in [0, 0.05) is 29.8 Å². The fraction of sp³-hybridized carbons (Fsp3) is 0.455. The third kappa shape index (κ3) is 3.03. The number of aromatic nitrogens is 2. The van der Waals surface area contributed by atoms with Crippen molar-refractivity contribution in [3.05, 3.63) is 51.4 Å². The molecule has 5 rings (SSSR count). The van der Waals surface area contributed by atoms with E-state index in [1.165, 1.54) is 41.9 Å². The summed E-state index contributed by atoms with van der Waals surface area (Å²) in [5.74, 6) is 0.603. The number of H-pyrrole nitrogens is 1. The molecule has 1 saturated carbocycles. The molecule has 140 valence electrons. The first-order valence-corrected chi connectivity index (χ1v) is 10.8. The minimum Gasteiger partial charge on any atom is -0.328 e. The Kier molecular flexibility index (Phi) is 4.17. The van der Waals surface area contributed by atoms with Crippen molar-refractivity contribution in [2.45, 2.75) is 57.5 Å². The maximum absolute atomic E-state index is 12.2. The lowest BCUT2D eigenvalue weighted by Gasteiger charge is -2.42. The Morgan fingerprint density at radius 3 is 2.89 bits per heavy atom. The van der Waals surface area contributed by atoms with Crippen molar-refractivity contribution in [2.24, 2.45) is 0 Å². The highest BCUT2D eigenvalue weighted by Crippen LogP contribution is 2.44. The topological polar surface area (TPSA) is 49.0 Å². The maximum atomic E-state index is 12.2. The van der Waals surface area contributed by atoms with E-state index in [1.54, 1.807) is 17.5 Å². The number of nitrogens with zero attached hydrogens (tertiary/aromatic N) is 2. The Morgan fingerprint density at radius 1 is 1.26 bits per heavy atom. The fourth-order valence-electron chi connectivity index (χ4n) is 4.65. The van der Waals surface area contributed by atoms with Gasteiger partial charge in [0.25, 0.3) is 5.56 Å². The van der Waals surface area contributed by atoms with E-state index in [1.807, 2.05) is 19.1 Å². The van der Waals surface area contributed by atoms with Crippen LogP contribution in [0.1, 0.15) is 49.1 Å². The third-order valence-corrected chi connectivity index (χ3v) is 7.48. The average molecular weight is 380 g/mol. The summed E-state index contributed by atoms with van der Waals surface area (Å²) in [6, 6.07) is 9.66. The van der Waals surface area contributed by atoms with Gasteiger partial charge in [-0.1, -0.05) is 6.07 Å². The minimum atomic E-state index is -0.0359. The molecule has 27 heavy (non-hydrogen) atoms. The molecule has 0 unspecified atom stereocenters. The molecule has 2 fully saturated rings. The number of rotatable bonds is 3. The summed E-state index contributed by atoms with van der Waals surface area (Å²) >= 11 is 1.80. The number of aryl methyl sites for hydroxylation is 1. The lowest BCUT2D eigenvalue weighted by atomic mass is 9.79. The molecule has 0 amide bonds. The van der Waals surface area contributed by atoms with Crippen LogP contribution in [0.5, 0.6) is 0 Å². The summed E-state index contributed by atoms with van der Waals surface area (Å²) < 4.78 is 1.18. The highest BCUT2D eigenvalue weighted by atomic mass is 32.1. The van der Waals surface area contributed by atoms with Gasteiger partial charge in [-0.2, -0.15) is 0 Å². The van der Waals surface area contributed by atoms with E-state index in [4.69, 9.17) is 4.98 Å². The largest absolute Gasteiger partial charge is 0.328 e. The molecule has 0 spiro atoms. The van der Waals surface area contributed by atoms with Crippen LogP contribution in [0.15, 0.2) is 35.3 Å². The summed E-state index contributed by atoms with van der Waals surface area (Å²) in [6.45, 7) is 5.64. The van der Waals surface area contributed by atoms with Crippen LogP contribution in [-0.4, -0.2) is 33.5 Å². The van der Waals surface area contributed by atoms with Crippen molar-refractivity contribution in [2.75, 3.05) is 6.54 Å². The highest BCUT2D eigenvalue weighted by molar-refractivity contribution is 7.18. The van der Waals surface area contributed by atoms with Crippen LogP contribution < -0.4 is 5.56 Å². The smallest absolute Gasteiger partial charge is 0.255 e. The Balaban J connectivity index is 1.39. The maximum Gasteiger partial charge on any atom is 0.255 e. The molecule has 0 bridgehead atoms. The van der Waals surface area contributed by atoms with Gasteiger partial charge in [-0.3, -0.25) is 9.69 Å². The molecule has 1 N–H and O–H groups in total. The number of benzene rings is 1. The van der Waals surface area contributed by atoms with Crippen LogP contribution in [0.25, 0.3) is 21.3 Å². The van der Waals surface area contributed by atoms with E-state index in [0.29, 0.717) is 5.92 Å². The Bertz CT molecular complexity index is 1050. The minimum absolute atomic E-state index is 0.0359. The number of fused-ring (bicyclic) bond motifs is 1. The van der Waals surface area contributed by atoms with Gasteiger partial charge in [0.05, 0.1) is 15.2 Å². The van der Waals surface area contributed by atoms with Crippen molar-refractivity contribution in [3.8, 4) is 11.1 Å². The summed E-state index contributed by atoms with van der Waals surface area (Å²) in [5, 5.41) is 1.27. The molecule has 1 aliphatic heterocycles. The number of aromatic amines is 1. The lowest BCUT2D eigenvalue weighted by molar-refractivity contribution is 0.103. The molecule has 1 saturated heterocycles. The zero-order valence-corrected chi connectivity index (χ0v) is 16.7. The molecular formula is C22H25N3OS. The van der Waals surface area contributed by atoms with E-state index < -0.39 is 0 Å². The molecule has 3 aromatic rings. The summed E-state index contributed by atoms with van der Waals surface area (Å²) in [6.07, 6.45) is 6.94. The third-order valence-electron chi connectivity index (χ3n) is 6.30. The standard InChI is InChI=1S/C22H25N3OS/c1-13-8-18(21(26)23-12-13)15-5-6-19-20(11-15)27-22(24-19)16-9-17(10-16)25-7-3-4-14(25)2/h5-6,8,11-12,14,16-17H,3-4,7,9-10H2,1-2H3,(H,23,26)/t14-,16?,17?/m0/s1. The van der Waals surface area contributed by atoms with Crippen molar-refractivity contribution in [1.29, 1.82) is 0 Å². The Labute approximate surface area is 163 Å². The number of hydrogen-bond donors (Lipinski definition) is 1. The summed E-state index contributed by atoms with van der Waals surface area (Å²) in [4.78, 5) is 22.6. The predicted molar refractivity (Wildman–Crippen MR) is 112 cm³/mol. The van der Waals surface area contributed by atoms with Gasteiger partial charge in [0.2, 0.25) is 0 Å². The lowest BCUT2D eigenvalue weighted by Crippen LogP contribution is -2.45. The van der Waals surface area contributed by atoms with Crippen LogP contribution >= 0.6 is 11.3 Å². The van der Waals surface area contributed by atoms with E-state index in [2.05, 4.69) is 28.9 Å². The molecule has 1 atom stereocenters. The van der Waals surface area contributed by atoms with Crippen LogP contribution in [0.2, 0.25) is 0 Å². The van der Waals surface area contributed by atoms with Crippen LogP contribution in [0.3, 0.4) is 0 Å². The van der Waals surface area contributed by atoms with Crippen LogP contribution in [0.4, 0.5) is 0 Å². The molecule has 1 aliphatic carbocycles. The van der Waals surface area contributed by atoms with Crippen molar-refractivity contribution in [1.82, 2.24) is 14.9 Å². The molecule has 0 radical (unpaired) electrons. The Morgan fingerprint density at radius 2 is 2.11 bits per heavy atom. The normalized spacial score (nSPS) is 25.8. The van der Waals surface area contributed by atoms with E-state index in [9.17, 15) is 4.79 Å². The second kappa shape index (κ2) is 6.57. The quantitative estimate of drug-likeness (QED) is 0.718. The summed E-state index contributed by atoms with van der Waals surface area (Å²) in [7, 11) is 0. The van der Waals surface area contributed by atoms with Crippen LogP contribution in [0, 0.1) is 6.92 Å². The molecule has 5 heteroatoms. The average Bonchev–Trinajstić information content (AvgIpc) is 3.21. The molecule has 4 nitrogen and oxygen atoms in total. The van der Waals surface area contributed by atoms with Gasteiger partial charge in [-0.15, -0.1) is 11.3 Å². The molecule has 3 heterocycles. The SMILES string of the molecule is Cc1c[nH]c(=O)c(-c2ccc3nc(C4CC(N5CCC[C@@H]5C)C4)sc3c2)c1. The molecule has 2 aromatic heterocycles. The zero-order chi connectivity index (χ0) is 18.5. The number of likely N-dealkylation sites (tertiary alicyclic amines) is 1. The molecule has 1 aromatic carbocycles. The van der Waals surface area contributed by atoms with Crippen molar-refractivity contribution in [3.63, 3.8) is 0 Å². The van der Waals surface area contributed by atoms with Gasteiger partial charge in [-0.25, -0.2) is 4.98 Å².